The van der Waals surface area contributed by atoms with Crippen LogP contribution in [0, 0.1) is 0 Å². The largest absolute Gasteiger partial charge is 0.497 e. The molecule has 7 heteroatoms. The average molecular weight is 377 g/mol. The van der Waals surface area contributed by atoms with Gasteiger partial charge in [0.15, 0.2) is 5.96 Å². The van der Waals surface area contributed by atoms with E-state index in [0.717, 1.165) is 37.2 Å². The van der Waals surface area contributed by atoms with Crippen LogP contribution >= 0.6 is 0 Å². The number of hydrogen-bond donors (Lipinski definition) is 2. The Morgan fingerprint density at radius 1 is 1.26 bits per heavy atom. The van der Waals surface area contributed by atoms with Crippen LogP contribution in [0.1, 0.15) is 19.8 Å². The zero-order valence-corrected chi connectivity index (χ0v) is 16.4. The van der Waals surface area contributed by atoms with Crippen molar-refractivity contribution in [1.29, 1.82) is 0 Å². The number of nitrogens with zero attached hydrogens (tertiary/aromatic N) is 2. The first-order valence-corrected chi connectivity index (χ1v) is 9.93. The molecule has 1 aromatic carbocycles. The summed E-state index contributed by atoms with van der Waals surface area (Å²) in [4.78, 5) is 7.24. The summed E-state index contributed by atoms with van der Waals surface area (Å²) in [7, 11) is 1.66. The van der Waals surface area contributed by atoms with Gasteiger partial charge in [0.2, 0.25) is 0 Å². The number of ether oxygens (including phenoxy) is 3. The number of morpholine rings is 1. The van der Waals surface area contributed by atoms with Crippen LogP contribution in [0.5, 0.6) is 11.5 Å². The first-order valence-electron chi connectivity index (χ1n) is 9.93. The van der Waals surface area contributed by atoms with Crippen molar-refractivity contribution in [2.45, 2.75) is 31.9 Å². The molecule has 2 fully saturated rings. The molecule has 2 atom stereocenters. The van der Waals surface area contributed by atoms with E-state index < -0.39 is 0 Å². The number of methoxy groups -OCH3 is 1. The Bertz CT molecular complexity index is 593. The molecular formula is C20H32N4O3. The summed E-state index contributed by atoms with van der Waals surface area (Å²) in [6.45, 7) is 7.85. The fraction of sp³-hybridized carbons (Fsp3) is 0.650. The Morgan fingerprint density at radius 2 is 2.07 bits per heavy atom. The number of rotatable bonds is 8. The second kappa shape index (κ2) is 10.4. The second-order valence-electron chi connectivity index (χ2n) is 6.92. The highest BCUT2D eigenvalue weighted by Gasteiger charge is 2.31. The maximum Gasteiger partial charge on any atom is 0.191 e. The zero-order chi connectivity index (χ0) is 18.9. The molecule has 2 N–H and O–H groups in total. The fourth-order valence-electron chi connectivity index (χ4n) is 3.54. The number of hydrogen-bond acceptors (Lipinski definition) is 5. The van der Waals surface area contributed by atoms with Crippen molar-refractivity contribution in [1.82, 2.24) is 15.5 Å². The van der Waals surface area contributed by atoms with Gasteiger partial charge < -0.3 is 24.8 Å². The van der Waals surface area contributed by atoms with Crippen molar-refractivity contribution in [3.05, 3.63) is 24.3 Å². The van der Waals surface area contributed by atoms with Gasteiger partial charge in [0.1, 0.15) is 18.1 Å². The normalized spacial score (nSPS) is 23.0. The van der Waals surface area contributed by atoms with Crippen LogP contribution in [0.4, 0.5) is 0 Å². The molecule has 1 aromatic rings. The summed E-state index contributed by atoms with van der Waals surface area (Å²) in [5.74, 6) is 2.46. The summed E-state index contributed by atoms with van der Waals surface area (Å²) in [6.07, 6.45) is 2.75. The third-order valence-electron chi connectivity index (χ3n) is 4.98. The molecule has 0 amide bonds. The van der Waals surface area contributed by atoms with Gasteiger partial charge in [-0.3, -0.25) is 9.89 Å². The summed E-state index contributed by atoms with van der Waals surface area (Å²) < 4.78 is 16.9. The lowest BCUT2D eigenvalue weighted by molar-refractivity contribution is -0.0432. The van der Waals surface area contributed by atoms with Gasteiger partial charge in [0, 0.05) is 19.1 Å². The first-order chi connectivity index (χ1) is 13.3. The number of fused-ring (bicyclic) bond motifs is 1. The van der Waals surface area contributed by atoms with E-state index in [0.29, 0.717) is 25.7 Å². The third kappa shape index (κ3) is 6.01. The van der Waals surface area contributed by atoms with E-state index in [1.807, 2.05) is 24.3 Å². The van der Waals surface area contributed by atoms with Gasteiger partial charge in [0.05, 0.1) is 32.9 Å². The van der Waals surface area contributed by atoms with Crippen LogP contribution in [0.3, 0.4) is 0 Å². The maximum absolute atomic E-state index is 5.98. The average Bonchev–Trinajstić information content (AvgIpc) is 3.17. The van der Waals surface area contributed by atoms with Gasteiger partial charge >= 0.3 is 0 Å². The third-order valence-corrected chi connectivity index (χ3v) is 4.98. The monoisotopic (exact) mass is 376 g/mol. The Hall–Kier alpha value is -1.99. The van der Waals surface area contributed by atoms with Crippen LogP contribution < -0.4 is 20.1 Å². The van der Waals surface area contributed by atoms with Crippen LogP contribution in [0.25, 0.3) is 0 Å². The lowest BCUT2D eigenvalue weighted by Crippen LogP contribution is -2.47. The lowest BCUT2D eigenvalue weighted by atomic mass is 10.2. The molecule has 150 valence electrons. The minimum absolute atomic E-state index is 0.186. The maximum atomic E-state index is 5.98. The molecule has 0 aliphatic carbocycles. The molecule has 0 radical (unpaired) electrons. The van der Waals surface area contributed by atoms with Crippen LogP contribution in [0.15, 0.2) is 29.3 Å². The van der Waals surface area contributed by atoms with Crippen molar-refractivity contribution >= 4 is 5.96 Å². The Labute approximate surface area is 162 Å². The zero-order valence-electron chi connectivity index (χ0n) is 16.4. The SMILES string of the molecule is CCNC(=NCC1CN2CCCC2CO1)NCCOc1ccc(OC)cc1. The van der Waals surface area contributed by atoms with Crippen LogP contribution in [-0.4, -0.2) is 76.1 Å². The van der Waals surface area contributed by atoms with Crippen LogP contribution in [-0.2, 0) is 4.74 Å². The van der Waals surface area contributed by atoms with Gasteiger partial charge in [-0.1, -0.05) is 0 Å². The van der Waals surface area contributed by atoms with Crippen molar-refractivity contribution in [3.63, 3.8) is 0 Å². The minimum Gasteiger partial charge on any atom is -0.497 e. The number of nitrogens with one attached hydrogen (secondary N) is 2. The molecule has 0 bridgehead atoms. The van der Waals surface area contributed by atoms with Crippen molar-refractivity contribution in [3.8, 4) is 11.5 Å². The molecule has 2 aliphatic rings. The Balaban J connectivity index is 1.39. The highest BCUT2D eigenvalue weighted by atomic mass is 16.5. The molecule has 0 aromatic heterocycles. The van der Waals surface area contributed by atoms with Gasteiger partial charge in [-0.2, -0.15) is 0 Å². The number of benzene rings is 1. The Kier molecular flexibility index (Phi) is 7.59. The smallest absolute Gasteiger partial charge is 0.191 e. The summed E-state index contributed by atoms with van der Waals surface area (Å²) in [6, 6.07) is 8.23. The molecule has 3 rings (SSSR count). The van der Waals surface area contributed by atoms with E-state index in [4.69, 9.17) is 14.2 Å². The Morgan fingerprint density at radius 3 is 2.85 bits per heavy atom. The van der Waals surface area contributed by atoms with Gasteiger partial charge in [-0.05, 0) is 50.6 Å². The molecule has 0 spiro atoms. The molecular weight excluding hydrogens is 344 g/mol. The quantitative estimate of drug-likeness (QED) is 0.407. The molecule has 2 unspecified atom stereocenters. The number of aliphatic imine (C=N–C) groups is 1. The van der Waals surface area contributed by atoms with Crippen LogP contribution in [0.2, 0.25) is 0 Å². The van der Waals surface area contributed by atoms with Gasteiger partial charge in [0.25, 0.3) is 0 Å². The van der Waals surface area contributed by atoms with Crippen molar-refractivity contribution < 1.29 is 14.2 Å². The van der Waals surface area contributed by atoms with E-state index in [1.54, 1.807) is 7.11 Å². The summed E-state index contributed by atoms with van der Waals surface area (Å²) in [5.41, 5.74) is 0. The standard InChI is InChI=1S/C20H32N4O3/c1-3-21-20(22-10-12-26-18-8-6-17(25-2)7-9-18)23-13-19-14-24-11-4-5-16(24)15-27-19/h6-9,16,19H,3-5,10-15H2,1-2H3,(H2,21,22,23). The van der Waals surface area contributed by atoms with Crippen molar-refractivity contribution in [2.75, 3.05) is 53.0 Å². The van der Waals surface area contributed by atoms with E-state index in [2.05, 4.69) is 27.4 Å². The lowest BCUT2D eigenvalue weighted by Gasteiger charge is -2.34. The first kappa shape index (κ1) is 19.8. The highest BCUT2D eigenvalue weighted by molar-refractivity contribution is 5.79. The predicted molar refractivity (Wildman–Crippen MR) is 107 cm³/mol. The van der Waals surface area contributed by atoms with Gasteiger partial charge in [-0.25, -0.2) is 0 Å². The number of guanidine groups is 1. The minimum atomic E-state index is 0.186. The molecule has 2 heterocycles. The predicted octanol–water partition coefficient (Wildman–Crippen LogP) is 1.49. The summed E-state index contributed by atoms with van der Waals surface area (Å²) in [5, 5.41) is 6.60. The summed E-state index contributed by atoms with van der Waals surface area (Å²) >= 11 is 0. The fourth-order valence-corrected chi connectivity index (χ4v) is 3.54. The molecule has 2 aliphatic heterocycles. The molecule has 7 nitrogen and oxygen atoms in total. The second-order valence-corrected chi connectivity index (χ2v) is 6.92. The van der Waals surface area contributed by atoms with E-state index in [1.165, 1.54) is 19.4 Å². The molecule has 27 heavy (non-hydrogen) atoms. The van der Waals surface area contributed by atoms with E-state index in [-0.39, 0.29) is 6.10 Å². The molecule has 2 saturated heterocycles. The van der Waals surface area contributed by atoms with E-state index >= 15 is 0 Å². The van der Waals surface area contributed by atoms with Crippen molar-refractivity contribution in [2.24, 2.45) is 4.99 Å². The topological polar surface area (TPSA) is 67.4 Å². The molecule has 0 saturated carbocycles. The van der Waals surface area contributed by atoms with E-state index in [9.17, 15) is 0 Å². The van der Waals surface area contributed by atoms with Gasteiger partial charge in [-0.15, -0.1) is 0 Å². The highest BCUT2D eigenvalue weighted by Crippen LogP contribution is 2.22.